The highest BCUT2D eigenvalue weighted by molar-refractivity contribution is 5.99. The molecule has 0 aliphatic carbocycles. The van der Waals surface area contributed by atoms with Crippen LogP contribution in [0.25, 0.3) is 0 Å². The number of rotatable bonds is 7. The maximum absolute atomic E-state index is 14.1. The van der Waals surface area contributed by atoms with E-state index in [2.05, 4.69) is 6.92 Å². The number of aliphatic hydroxyl groups excluding tert-OH is 1. The highest BCUT2D eigenvalue weighted by atomic mass is 16.6. The minimum absolute atomic E-state index is 0.0872. The number of carbonyl (C=O) groups is 3. The van der Waals surface area contributed by atoms with Gasteiger partial charge in [0.1, 0.15) is 29.8 Å². The van der Waals surface area contributed by atoms with Gasteiger partial charge in [0, 0.05) is 13.1 Å². The van der Waals surface area contributed by atoms with Crippen LogP contribution in [0.2, 0.25) is 0 Å². The minimum atomic E-state index is -1.29. The Hall–Kier alpha value is -2.19. The second-order valence-corrected chi connectivity index (χ2v) is 9.93. The first kappa shape index (κ1) is 24.0. The molecule has 1 spiro atoms. The fraction of sp³-hybridized carbons (Fsp3) is 0.720. The van der Waals surface area contributed by atoms with E-state index in [-0.39, 0.29) is 30.9 Å². The molecule has 0 aromatic heterocycles. The molecule has 4 aliphatic heterocycles. The van der Waals surface area contributed by atoms with Crippen molar-refractivity contribution in [3.63, 3.8) is 0 Å². The fourth-order valence-corrected chi connectivity index (χ4v) is 6.11. The molecule has 0 saturated carbocycles. The molecule has 0 bridgehead atoms. The van der Waals surface area contributed by atoms with Crippen LogP contribution < -0.4 is 0 Å². The number of likely N-dealkylation sites (tertiary alicyclic amines) is 1. The summed E-state index contributed by atoms with van der Waals surface area (Å²) in [5.74, 6) is -2.82. The summed E-state index contributed by atoms with van der Waals surface area (Å²) in [7, 11) is 0. The third-order valence-corrected chi connectivity index (χ3v) is 7.81. The van der Waals surface area contributed by atoms with Crippen LogP contribution in [0.4, 0.5) is 0 Å². The van der Waals surface area contributed by atoms with Crippen molar-refractivity contribution in [3.05, 3.63) is 24.3 Å². The predicted molar refractivity (Wildman–Crippen MR) is 121 cm³/mol. The topological polar surface area (TPSA) is 96.4 Å². The number of amides is 2. The zero-order chi connectivity index (χ0) is 24.0. The number of unbranched alkanes of at least 4 members (excludes halogenated alkanes) is 1. The van der Waals surface area contributed by atoms with Crippen LogP contribution in [0.1, 0.15) is 47.0 Å². The summed E-state index contributed by atoms with van der Waals surface area (Å²) in [6.45, 7) is 8.68. The lowest BCUT2D eigenvalue weighted by molar-refractivity contribution is -0.162. The average molecular weight is 461 g/mol. The molecule has 0 aromatic rings. The van der Waals surface area contributed by atoms with Crippen molar-refractivity contribution in [2.75, 3.05) is 26.3 Å². The van der Waals surface area contributed by atoms with Crippen LogP contribution in [-0.2, 0) is 23.9 Å². The number of carbonyl (C=O) groups excluding carboxylic acids is 3. The van der Waals surface area contributed by atoms with E-state index in [1.807, 2.05) is 39.0 Å². The lowest BCUT2D eigenvalue weighted by Gasteiger charge is -2.41. The first-order valence-corrected chi connectivity index (χ1v) is 12.2. The Morgan fingerprint density at radius 2 is 1.88 bits per heavy atom. The molecule has 1 unspecified atom stereocenters. The minimum Gasteiger partial charge on any atom is -0.461 e. The van der Waals surface area contributed by atoms with Gasteiger partial charge >= 0.3 is 5.97 Å². The molecule has 2 amide bonds. The van der Waals surface area contributed by atoms with Crippen LogP contribution in [0, 0.1) is 17.8 Å². The summed E-state index contributed by atoms with van der Waals surface area (Å²) < 4.78 is 12.2. The van der Waals surface area contributed by atoms with Crippen molar-refractivity contribution < 1.29 is 29.0 Å². The second-order valence-electron chi connectivity index (χ2n) is 9.93. The number of fused-ring (bicyclic) bond motifs is 2. The van der Waals surface area contributed by atoms with E-state index in [1.165, 1.54) is 4.90 Å². The zero-order valence-electron chi connectivity index (χ0n) is 20.0. The van der Waals surface area contributed by atoms with E-state index in [9.17, 15) is 19.5 Å². The fourth-order valence-electron chi connectivity index (χ4n) is 6.11. The lowest BCUT2D eigenvalue weighted by Crippen LogP contribution is -2.59. The molecule has 8 heteroatoms. The Labute approximate surface area is 195 Å². The molecule has 0 aromatic carbocycles. The number of aliphatic hydroxyl groups is 1. The molecule has 0 radical (unpaired) electrons. The third-order valence-electron chi connectivity index (χ3n) is 7.81. The first-order valence-electron chi connectivity index (χ1n) is 12.2. The van der Waals surface area contributed by atoms with Crippen molar-refractivity contribution in [2.45, 2.75) is 70.2 Å². The van der Waals surface area contributed by atoms with Crippen LogP contribution in [0.5, 0.6) is 0 Å². The Balaban J connectivity index is 1.90. The highest BCUT2D eigenvalue weighted by Crippen LogP contribution is 2.58. The molecule has 4 heterocycles. The van der Waals surface area contributed by atoms with Gasteiger partial charge in [-0.1, -0.05) is 52.3 Å². The molecule has 1 N–H and O–H groups in total. The van der Waals surface area contributed by atoms with Crippen molar-refractivity contribution in [3.8, 4) is 0 Å². The summed E-state index contributed by atoms with van der Waals surface area (Å²) in [5.41, 5.74) is -2.31. The quantitative estimate of drug-likeness (QED) is 0.459. The molecule has 33 heavy (non-hydrogen) atoms. The van der Waals surface area contributed by atoms with Crippen LogP contribution >= 0.6 is 0 Å². The Kier molecular flexibility index (Phi) is 6.44. The Morgan fingerprint density at radius 1 is 1.12 bits per heavy atom. The molecule has 4 rings (SSSR count). The Bertz CT molecular complexity index is 869. The van der Waals surface area contributed by atoms with Crippen molar-refractivity contribution >= 4 is 17.8 Å². The molecular formula is C25H36N2O6. The monoisotopic (exact) mass is 460 g/mol. The third kappa shape index (κ3) is 3.44. The zero-order valence-corrected chi connectivity index (χ0v) is 20.0. The van der Waals surface area contributed by atoms with Crippen molar-refractivity contribution in [1.29, 1.82) is 0 Å². The van der Waals surface area contributed by atoms with Gasteiger partial charge in [-0.15, -0.1) is 0 Å². The molecule has 6 atom stereocenters. The van der Waals surface area contributed by atoms with E-state index in [0.717, 1.165) is 12.8 Å². The molecule has 182 valence electrons. The molecule has 4 aliphatic rings. The van der Waals surface area contributed by atoms with Gasteiger partial charge in [0.15, 0.2) is 0 Å². The van der Waals surface area contributed by atoms with Crippen LogP contribution in [0.15, 0.2) is 24.3 Å². The largest absolute Gasteiger partial charge is 0.461 e. The average Bonchev–Trinajstić information content (AvgIpc) is 3.06. The van der Waals surface area contributed by atoms with Crippen LogP contribution in [-0.4, -0.2) is 82.3 Å². The SMILES string of the molecule is CCCCN1CC=C[C@]23O[C@]4(CC)C=CCOC(=O)[C@@H]4[C@H]2C(=O)N([C@@H](CO)C(C)C)C3C1=O. The number of cyclic esters (lactones) is 1. The number of ether oxygens (including phenoxy) is 2. The highest BCUT2D eigenvalue weighted by Gasteiger charge is 2.76. The van der Waals surface area contributed by atoms with Crippen LogP contribution in [0.3, 0.4) is 0 Å². The maximum Gasteiger partial charge on any atom is 0.313 e. The number of nitrogens with zero attached hydrogens (tertiary/aromatic N) is 2. The molecule has 2 saturated heterocycles. The van der Waals surface area contributed by atoms with E-state index in [4.69, 9.17) is 9.47 Å². The van der Waals surface area contributed by atoms with Gasteiger partial charge in [-0.2, -0.15) is 0 Å². The van der Waals surface area contributed by atoms with Gasteiger partial charge in [0.2, 0.25) is 11.8 Å². The first-order chi connectivity index (χ1) is 15.8. The number of esters is 1. The summed E-state index contributed by atoms with van der Waals surface area (Å²) in [5, 5.41) is 10.2. The van der Waals surface area contributed by atoms with E-state index in [0.29, 0.717) is 19.5 Å². The van der Waals surface area contributed by atoms with E-state index < -0.39 is 41.1 Å². The summed E-state index contributed by atoms with van der Waals surface area (Å²) in [6, 6.07) is -1.51. The predicted octanol–water partition coefficient (Wildman–Crippen LogP) is 1.68. The molecule has 8 nitrogen and oxygen atoms in total. The lowest BCUT2D eigenvalue weighted by atomic mass is 9.73. The van der Waals surface area contributed by atoms with Gasteiger partial charge in [-0.05, 0) is 24.8 Å². The maximum atomic E-state index is 14.1. The summed E-state index contributed by atoms with van der Waals surface area (Å²) in [6.07, 6.45) is 9.59. The number of hydrogen-bond acceptors (Lipinski definition) is 6. The van der Waals surface area contributed by atoms with E-state index >= 15 is 0 Å². The summed E-state index contributed by atoms with van der Waals surface area (Å²) in [4.78, 5) is 44.6. The smallest absolute Gasteiger partial charge is 0.313 e. The van der Waals surface area contributed by atoms with Gasteiger partial charge in [0.05, 0.1) is 18.6 Å². The van der Waals surface area contributed by atoms with Gasteiger partial charge in [-0.25, -0.2) is 0 Å². The standard InChI is InChI=1S/C25H36N2O6/c1-5-7-12-26-13-8-11-25-18(19-23(31)32-14-9-10-24(19,6-2)33-25)21(29)27(20(25)22(26)30)17(15-28)16(3)4/h8-11,16-20,28H,5-7,12-15H2,1-4H3/t17-,18-,19-,20?,24+,25-/m0/s1. The summed E-state index contributed by atoms with van der Waals surface area (Å²) >= 11 is 0. The normalized spacial score (nSPS) is 36.4. The van der Waals surface area contributed by atoms with Gasteiger partial charge < -0.3 is 24.4 Å². The second kappa shape index (κ2) is 8.87. The molecular weight excluding hydrogens is 424 g/mol. The Morgan fingerprint density at radius 3 is 2.52 bits per heavy atom. The van der Waals surface area contributed by atoms with Gasteiger partial charge in [-0.3, -0.25) is 14.4 Å². The molecule has 2 fully saturated rings. The van der Waals surface area contributed by atoms with E-state index in [1.54, 1.807) is 11.0 Å². The van der Waals surface area contributed by atoms with Crippen molar-refractivity contribution in [1.82, 2.24) is 9.80 Å². The van der Waals surface area contributed by atoms with Gasteiger partial charge in [0.25, 0.3) is 0 Å². The number of hydrogen-bond donors (Lipinski definition) is 1. The van der Waals surface area contributed by atoms with Crippen molar-refractivity contribution in [2.24, 2.45) is 17.8 Å².